The maximum absolute atomic E-state index is 11.3. The lowest BCUT2D eigenvalue weighted by atomic mass is 10.0. The first-order valence-corrected chi connectivity index (χ1v) is 6.75. The Morgan fingerprint density at radius 2 is 1.89 bits per heavy atom. The Morgan fingerprint density at radius 1 is 1.21 bits per heavy atom. The van der Waals surface area contributed by atoms with Crippen molar-refractivity contribution in [3.63, 3.8) is 0 Å². The van der Waals surface area contributed by atoms with E-state index in [4.69, 9.17) is 16.1 Å². The molecule has 1 heterocycles. The molecule has 0 spiro atoms. The van der Waals surface area contributed by atoms with Crippen LogP contribution in [0.25, 0.3) is 0 Å². The number of halogens is 1. The molecule has 1 aromatic heterocycles. The summed E-state index contributed by atoms with van der Waals surface area (Å²) in [6, 6.07) is 10.3. The largest absolute Gasteiger partial charge is 0.361 e. The molecule has 0 N–H and O–H groups in total. The van der Waals surface area contributed by atoms with Crippen LogP contribution in [0.2, 0.25) is 0 Å². The van der Waals surface area contributed by atoms with Crippen LogP contribution in [0.1, 0.15) is 40.2 Å². The summed E-state index contributed by atoms with van der Waals surface area (Å²) in [4.78, 5) is 11.3. The number of carbonyl (C=O) groups excluding carboxylic acids is 1. The average Bonchev–Trinajstić information content (AvgIpc) is 2.77. The third-order valence-corrected chi connectivity index (χ3v) is 3.29. The number of hydrogen-bond donors (Lipinski definition) is 0. The summed E-state index contributed by atoms with van der Waals surface area (Å²) in [5.41, 5.74) is 2.43. The van der Waals surface area contributed by atoms with Crippen LogP contribution in [0.15, 0.2) is 34.9 Å². The summed E-state index contributed by atoms with van der Waals surface area (Å²) in [6.07, 6.45) is 3.75. The molecule has 0 bridgehead atoms. The maximum Gasteiger partial charge on any atom is 0.257 e. The van der Waals surface area contributed by atoms with E-state index in [0.29, 0.717) is 17.0 Å². The molecule has 0 fully saturated rings. The second-order valence-corrected chi connectivity index (χ2v) is 4.87. The van der Waals surface area contributed by atoms with Crippen LogP contribution in [0, 0.1) is 6.92 Å². The minimum atomic E-state index is -0.489. The minimum Gasteiger partial charge on any atom is -0.361 e. The topological polar surface area (TPSA) is 43.1 Å². The number of nitrogens with zero attached hydrogens (tertiary/aromatic N) is 1. The normalized spacial score (nSPS) is 10.6. The van der Waals surface area contributed by atoms with Gasteiger partial charge < -0.3 is 4.52 Å². The zero-order valence-electron chi connectivity index (χ0n) is 10.9. The van der Waals surface area contributed by atoms with Gasteiger partial charge in [0.05, 0.1) is 11.3 Å². The number of hydrogen-bond acceptors (Lipinski definition) is 3. The molecule has 0 amide bonds. The highest BCUT2D eigenvalue weighted by molar-refractivity contribution is 6.68. The predicted octanol–water partition coefficient (Wildman–Crippen LogP) is 3.93. The van der Waals surface area contributed by atoms with E-state index in [0.717, 1.165) is 25.7 Å². The molecule has 100 valence electrons. The molecule has 0 aliphatic heterocycles. The van der Waals surface area contributed by atoms with Gasteiger partial charge in [0.25, 0.3) is 5.24 Å². The van der Waals surface area contributed by atoms with E-state index in [-0.39, 0.29) is 0 Å². The molecule has 2 aromatic rings. The quantitative estimate of drug-likeness (QED) is 0.593. The average molecular weight is 278 g/mol. The van der Waals surface area contributed by atoms with E-state index in [9.17, 15) is 4.79 Å². The van der Waals surface area contributed by atoms with Gasteiger partial charge in [0.2, 0.25) is 0 Å². The number of aromatic nitrogens is 1. The zero-order valence-corrected chi connectivity index (χ0v) is 11.6. The highest BCUT2D eigenvalue weighted by Crippen LogP contribution is 2.18. The van der Waals surface area contributed by atoms with Gasteiger partial charge in [0.1, 0.15) is 5.76 Å². The van der Waals surface area contributed by atoms with Gasteiger partial charge in [-0.15, -0.1) is 0 Å². The third kappa shape index (κ3) is 3.67. The van der Waals surface area contributed by atoms with Crippen molar-refractivity contribution in [2.24, 2.45) is 0 Å². The minimum absolute atomic E-state index is 0.432. The zero-order chi connectivity index (χ0) is 13.7. The van der Waals surface area contributed by atoms with Gasteiger partial charge in [-0.25, -0.2) is 0 Å². The van der Waals surface area contributed by atoms with Crippen molar-refractivity contribution in [2.45, 2.75) is 32.6 Å². The van der Waals surface area contributed by atoms with Crippen LogP contribution in [-0.2, 0) is 12.8 Å². The monoisotopic (exact) mass is 277 g/mol. The fraction of sp³-hybridized carbons (Fsp3) is 0.333. The molecule has 0 radical (unpaired) electrons. The van der Waals surface area contributed by atoms with Gasteiger partial charge in [-0.05, 0) is 49.8 Å². The number of benzene rings is 1. The van der Waals surface area contributed by atoms with E-state index in [1.54, 1.807) is 6.92 Å². The van der Waals surface area contributed by atoms with Crippen molar-refractivity contribution < 1.29 is 9.32 Å². The fourth-order valence-electron chi connectivity index (χ4n) is 2.11. The van der Waals surface area contributed by atoms with Gasteiger partial charge in [-0.1, -0.05) is 35.5 Å². The van der Waals surface area contributed by atoms with E-state index < -0.39 is 5.24 Å². The molecular weight excluding hydrogens is 262 g/mol. The maximum atomic E-state index is 11.3. The molecular formula is C15H16ClNO2. The SMILES string of the molecule is Cc1onc(CCCCc2ccccc2)c1C(=O)Cl. The highest BCUT2D eigenvalue weighted by Gasteiger charge is 2.17. The first-order valence-electron chi connectivity index (χ1n) is 6.37. The summed E-state index contributed by atoms with van der Waals surface area (Å²) in [5.74, 6) is 0.498. The molecule has 4 heteroatoms. The summed E-state index contributed by atoms with van der Waals surface area (Å²) in [5, 5.41) is 3.41. The predicted molar refractivity (Wildman–Crippen MR) is 74.5 cm³/mol. The fourth-order valence-corrected chi connectivity index (χ4v) is 2.35. The molecule has 0 aliphatic carbocycles. The summed E-state index contributed by atoms with van der Waals surface area (Å²) in [6.45, 7) is 1.70. The van der Waals surface area contributed by atoms with Gasteiger partial charge in [0, 0.05) is 0 Å². The lowest BCUT2D eigenvalue weighted by molar-refractivity contribution is 0.107. The van der Waals surface area contributed by atoms with Crippen LogP contribution in [0.4, 0.5) is 0 Å². The van der Waals surface area contributed by atoms with Crippen molar-refractivity contribution in [1.29, 1.82) is 0 Å². The smallest absolute Gasteiger partial charge is 0.257 e. The molecule has 3 nitrogen and oxygen atoms in total. The van der Waals surface area contributed by atoms with E-state index in [1.165, 1.54) is 5.56 Å². The van der Waals surface area contributed by atoms with Crippen LogP contribution >= 0.6 is 11.6 Å². The summed E-state index contributed by atoms with van der Waals surface area (Å²) >= 11 is 5.52. The number of aryl methyl sites for hydroxylation is 3. The molecule has 0 saturated heterocycles. The second-order valence-electron chi connectivity index (χ2n) is 4.53. The molecule has 2 rings (SSSR count). The van der Waals surface area contributed by atoms with Crippen LogP contribution in [0.5, 0.6) is 0 Å². The Kier molecular flexibility index (Phi) is 4.74. The molecule has 0 saturated carbocycles. The Balaban J connectivity index is 1.85. The summed E-state index contributed by atoms with van der Waals surface area (Å²) in [7, 11) is 0. The Morgan fingerprint density at radius 3 is 2.58 bits per heavy atom. The lowest BCUT2D eigenvalue weighted by Gasteiger charge is -2.01. The number of carbonyl (C=O) groups is 1. The first kappa shape index (κ1) is 13.8. The van der Waals surface area contributed by atoms with E-state index in [1.807, 2.05) is 18.2 Å². The van der Waals surface area contributed by atoms with Gasteiger partial charge in [-0.2, -0.15) is 0 Å². The number of rotatable bonds is 6. The second kappa shape index (κ2) is 6.53. The standard InChI is InChI=1S/C15H16ClNO2/c1-11-14(15(16)18)13(17-19-11)10-6-5-9-12-7-3-2-4-8-12/h2-4,7-8H,5-6,9-10H2,1H3. The van der Waals surface area contributed by atoms with Crippen LogP contribution in [-0.4, -0.2) is 10.4 Å². The molecule has 0 atom stereocenters. The molecule has 19 heavy (non-hydrogen) atoms. The first-order chi connectivity index (χ1) is 9.18. The molecule has 0 aliphatic rings. The molecule has 1 aromatic carbocycles. The van der Waals surface area contributed by atoms with Gasteiger partial charge in [-0.3, -0.25) is 4.79 Å². The Bertz CT molecular complexity index is 549. The van der Waals surface area contributed by atoms with Crippen molar-refractivity contribution in [1.82, 2.24) is 5.16 Å². The Hall–Kier alpha value is -1.61. The third-order valence-electron chi connectivity index (χ3n) is 3.10. The van der Waals surface area contributed by atoms with Crippen molar-refractivity contribution >= 4 is 16.8 Å². The van der Waals surface area contributed by atoms with Gasteiger partial charge in [0.15, 0.2) is 0 Å². The van der Waals surface area contributed by atoms with E-state index in [2.05, 4.69) is 17.3 Å². The Labute approximate surface area is 117 Å². The molecule has 0 unspecified atom stereocenters. The van der Waals surface area contributed by atoms with Crippen molar-refractivity contribution in [2.75, 3.05) is 0 Å². The highest BCUT2D eigenvalue weighted by atomic mass is 35.5. The van der Waals surface area contributed by atoms with Crippen LogP contribution < -0.4 is 0 Å². The van der Waals surface area contributed by atoms with Gasteiger partial charge >= 0.3 is 0 Å². The van der Waals surface area contributed by atoms with Crippen molar-refractivity contribution in [3.05, 3.63) is 52.9 Å². The van der Waals surface area contributed by atoms with Crippen molar-refractivity contribution in [3.8, 4) is 0 Å². The lowest BCUT2D eigenvalue weighted by Crippen LogP contribution is -1.97. The van der Waals surface area contributed by atoms with E-state index >= 15 is 0 Å². The van der Waals surface area contributed by atoms with Crippen LogP contribution in [0.3, 0.4) is 0 Å². The number of unbranched alkanes of at least 4 members (excludes halogenated alkanes) is 1. The summed E-state index contributed by atoms with van der Waals surface area (Å²) < 4.78 is 5.02.